The summed E-state index contributed by atoms with van der Waals surface area (Å²) in [5.41, 5.74) is 8.01. The summed E-state index contributed by atoms with van der Waals surface area (Å²) in [6.45, 7) is 6.44. The van der Waals surface area contributed by atoms with Gasteiger partial charge >= 0.3 is 5.97 Å². The maximum atomic E-state index is 11.5. The van der Waals surface area contributed by atoms with Crippen molar-refractivity contribution in [3.05, 3.63) is 71.8 Å². The first-order valence-corrected chi connectivity index (χ1v) is 7.97. The molecule has 2 rings (SSSR count). The van der Waals surface area contributed by atoms with Gasteiger partial charge in [-0.05, 0) is 24.8 Å². The minimum Gasteiger partial charge on any atom is -0.460 e. The number of rotatable bonds is 5. The van der Waals surface area contributed by atoms with E-state index in [2.05, 4.69) is 19.1 Å². The summed E-state index contributed by atoms with van der Waals surface area (Å²) < 4.78 is 5.13. The zero-order valence-electron chi connectivity index (χ0n) is 14.2. The fraction of sp³-hybridized carbons (Fsp3) is 0.350. The second-order valence-electron chi connectivity index (χ2n) is 5.98. The number of benzene rings is 2. The maximum Gasteiger partial charge on any atom is 0.323 e. The highest BCUT2D eigenvalue weighted by atomic mass is 16.5. The predicted molar refractivity (Wildman–Crippen MR) is 94.8 cm³/mol. The molecular formula is C20H27NO2. The number of carbonyl (C=O) groups is 1. The SMILES string of the molecule is CC(C)CC(N)C(=O)OCc1ccccc1.Cc1ccccc1. The van der Waals surface area contributed by atoms with Gasteiger partial charge in [-0.2, -0.15) is 0 Å². The Bertz CT molecular complexity index is 552. The molecule has 2 N–H and O–H groups in total. The molecule has 3 heteroatoms. The fourth-order valence-corrected chi connectivity index (χ4v) is 1.97. The van der Waals surface area contributed by atoms with Crippen molar-refractivity contribution in [3.8, 4) is 0 Å². The Morgan fingerprint density at radius 3 is 1.96 bits per heavy atom. The van der Waals surface area contributed by atoms with Crippen LogP contribution in [-0.2, 0) is 16.1 Å². The molecule has 2 aromatic rings. The summed E-state index contributed by atoms with van der Waals surface area (Å²) in [5, 5.41) is 0. The van der Waals surface area contributed by atoms with Crippen molar-refractivity contribution in [2.45, 2.75) is 39.8 Å². The molecule has 1 atom stereocenters. The molecule has 0 saturated heterocycles. The van der Waals surface area contributed by atoms with Gasteiger partial charge in [-0.1, -0.05) is 80.1 Å². The quantitative estimate of drug-likeness (QED) is 0.846. The smallest absolute Gasteiger partial charge is 0.323 e. The van der Waals surface area contributed by atoms with Crippen molar-refractivity contribution in [2.75, 3.05) is 0 Å². The number of nitrogens with two attached hydrogens (primary N) is 1. The van der Waals surface area contributed by atoms with Crippen LogP contribution in [0.3, 0.4) is 0 Å². The van der Waals surface area contributed by atoms with Crippen molar-refractivity contribution < 1.29 is 9.53 Å². The Labute approximate surface area is 139 Å². The Kier molecular flexibility index (Phi) is 8.70. The van der Waals surface area contributed by atoms with E-state index in [-0.39, 0.29) is 5.97 Å². The largest absolute Gasteiger partial charge is 0.460 e. The van der Waals surface area contributed by atoms with Gasteiger partial charge < -0.3 is 10.5 Å². The number of ether oxygens (including phenoxy) is 1. The fourth-order valence-electron chi connectivity index (χ4n) is 1.97. The van der Waals surface area contributed by atoms with E-state index >= 15 is 0 Å². The zero-order valence-corrected chi connectivity index (χ0v) is 14.2. The van der Waals surface area contributed by atoms with Crippen molar-refractivity contribution in [2.24, 2.45) is 11.7 Å². The highest BCUT2D eigenvalue weighted by Gasteiger charge is 2.16. The topological polar surface area (TPSA) is 52.3 Å². The molecule has 2 aromatic carbocycles. The number of esters is 1. The normalized spacial score (nSPS) is 11.3. The van der Waals surface area contributed by atoms with Gasteiger partial charge in [-0.3, -0.25) is 4.79 Å². The molecular weight excluding hydrogens is 286 g/mol. The van der Waals surface area contributed by atoms with Crippen LogP contribution in [0.5, 0.6) is 0 Å². The van der Waals surface area contributed by atoms with Gasteiger partial charge in [0.15, 0.2) is 0 Å². The Morgan fingerprint density at radius 2 is 1.52 bits per heavy atom. The number of hydrogen-bond acceptors (Lipinski definition) is 3. The van der Waals surface area contributed by atoms with Gasteiger partial charge in [0, 0.05) is 0 Å². The third kappa shape index (κ3) is 8.79. The zero-order chi connectivity index (χ0) is 17.1. The van der Waals surface area contributed by atoms with Crippen LogP contribution < -0.4 is 5.73 Å². The van der Waals surface area contributed by atoms with Gasteiger partial charge in [-0.25, -0.2) is 0 Å². The highest BCUT2D eigenvalue weighted by molar-refractivity contribution is 5.75. The summed E-state index contributed by atoms with van der Waals surface area (Å²) in [7, 11) is 0. The van der Waals surface area contributed by atoms with Crippen molar-refractivity contribution in [1.82, 2.24) is 0 Å². The molecule has 0 aliphatic heterocycles. The first-order valence-electron chi connectivity index (χ1n) is 7.97. The van der Waals surface area contributed by atoms with Crippen LogP contribution in [0.1, 0.15) is 31.4 Å². The Balaban J connectivity index is 0.000000313. The van der Waals surface area contributed by atoms with Crippen LogP contribution in [0.15, 0.2) is 60.7 Å². The second-order valence-corrected chi connectivity index (χ2v) is 5.98. The summed E-state index contributed by atoms with van der Waals surface area (Å²) >= 11 is 0. The average Bonchev–Trinajstić information content (AvgIpc) is 2.54. The molecule has 0 saturated carbocycles. The van der Waals surface area contributed by atoms with Crippen LogP contribution in [0, 0.1) is 12.8 Å². The molecule has 23 heavy (non-hydrogen) atoms. The van der Waals surface area contributed by atoms with Crippen LogP contribution >= 0.6 is 0 Å². The number of hydrogen-bond donors (Lipinski definition) is 1. The lowest BCUT2D eigenvalue weighted by Crippen LogP contribution is -2.33. The third-order valence-electron chi connectivity index (χ3n) is 3.19. The van der Waals surface area contributed by atoms with E-state index in [1.54, 1.807) is 0 Å². The minimum atomic E-state index is -0.510. The summed E-state index contributed by atoms with van der Waals surface area (Å²) in [6, 6.07) is 19.3. The Hall–Kier alpha value is -2.13. The van der Waals surface area contributed by atoms with E-state index in [1.165, 1.54) is 5.56 Å². The molecule has 0 amide bonds. The molecule has 0 spiro atoms. The van der Waals surface area contributed by atoms with E-state index < -0.39 is 6.04 Å². The van der Waals surface area contributed by atoms with Crippen LogP contribution in [-0.4, -0.2) is 12.0 Å². The molecule has 0 radical (unpaired) electrons. The minimum absolute atomic E-state index is 0.297. The molecule has 0 aliphatic rings. The van der Waals surface area contributed by atoms with E-state index in [0.29, 0.717) is 18.9 Å². The maximum absolute atomic E-state index is 11.5. The van der Waals surface area contributed by atoms with Crippen LogP contribution in [0.2, 0.25) is 0 Å². The molecule has 3 nitrogen and oxygen atoms in total. The molecule has 0 fully saturated rings. The van der Waals surface area contributed by atoms with Crippen LogP contribution in [0.4, 0.5) is 0 Å². The van der Waals surface area contributed by atoms with Crippen molar-refractivity contribution in [3.63, 3.8) is 0 Å². The number of carbonyl (C=O) groups excluding carboxylic acids is 1. The molecule has 0 aliphatic carbocycles. The molecule has 124 valence electrons. The third-order valence-corrected chi connectivity index (χ3v) is 3.19. The van der Waals surface area contributed by atoms with Gasteiger partial charge in [0.25, 0.3) is 0 Å². The summed E-state index contributed by atoms with van der Waals surface area (Å²) in [4.78, 5) is 11.5. The van der Waals surface area contributed by atoms with Gasteiger partial charge in [0.05, 0.1) is 0 Å². The van der Waals surface area contributed by atoms with Gasteiger partial charge in [0.2, 0.25) is 0 Å². The molecule has 1 unspecified atom stereocenters. The predicted octanol–water partition coefficient (Wildman–Crippen LogP) is 4.10. The first kappa shape index (κ1) is 18.9. The molecule has 0 bridgehead atoms. The molecule has 0 heterocycles. The highest BCUT2D eigenvalue weighted by Crippen LogP contribution is 2.06. The monoisotopic (exact) mass is 313 g/mol. The van der Waals surface area contributed by atoms with E-state index in [9.17, 15) is 4.79 Å². The van der Waals surface area contributed by atoms with E-state index in [0.717, 1.165) is 5.56 Å². The standard InChI is InChI=1S/C13H19NO2.C7H8/c1-10(2)8-12(14)13(15)16-9-11-6-4-3-5-7-11;1-7-5-3-2-4-6-7/h3-7,10,12H,8-9,14H2,1-2H3;2-6H,1H3. The average molecular weight is 313 g/mol. The summed E-state index contributed by atoms with van der Waals surface area (Å²) in [6.07, 6.45) is 0.660. The van der Waals surface area contributed by atoms with Gasteiger partial charge in [-0.15, -0.1) is 0 Å². The lowest BCUT2D eigenvalue weighted by atomic mass is 10.1. The number of aryl methyl sites for hydroxylation is 1. The van der Waals surface area contributed by atoms with E-state index in [1.807, 2.05) is 62.4 Å². The van der Waals surface area contributed by atoms with Gasteiger partial charge in [0.1, 0.15) is 12.6 Å². The second kappa shape index (κ2) is 10.6. The van der Waals surface area contributed by atoms with Crippen molar-refractivity contribution >= 4 is 5.97 Å². The summed E-state index contributed by atoms with van der Waals surface area (Å²) in [5.74, 6) is 0.0804. The van der Waals surface area contributed by atoms with Crippen LogP contribution in [0.25, 0.3) is 0 Å². The molecule has 0 aromatic heterocycles. The lowest BCUT2D eigenvalue weighted by molar-refractivity contribution is -0.146. The first-order chi connectivity index (χ1) is 11.0. The Morgan fingerprint density at radius 1 is 1.00 bits per heavy atom. The van der Waals surface area contributed by atoms with E-state index in [4.69, 9.17) is 10.5 Å². The van der Waals surface area contributed by atoms with Crippen molar-refractivity contribution in [1.29, 1.82) is 0 Å². The lowest BCUT2D eigenvalue weighted by Gasteiger charge is -2.13.